The predicted octanol–water partition coefficient (Wildman–Crippen LogP) is 1.48. The average molecular weight is 277 g/mol. The molecule has 1 unspecified atom stereocenters. The van der Waals surface area contributed by atoms with E-state index >= 15 is 0 Å². The molecule has 0 aliphatic heterocycles. The molecule has 0 saturated heterocycles. The minimum absolute atomic E-state index is 0.0401. The predicted molar refractivity (Wildman–Crippen MR) is 83.5 cm³/mol. The van der Waals surface area contributed by atoms with Gasteiger partial charge < -0.3 is 15.5 Å². The van der Waals surface area contributed by atoms with Gasteiger partial charge in [-0.1, -0.05) is 44.2 Å². The van der Waals surface area contributed by atoms with Crippen molar-refractivity contribution in [3.05, 3.63) is 35.9 Å². The highest BCUT2D eigenvalue weighted by Crippen LogP contribution is 2.02. The minimum Gasteiger partial charge on any atom is -0.351 e. The number of hydrogen-bond donors (Lipinski definition) is 2. The molecule has 0 aromatic heterocycles. The Labute approximate surface area is 122 Å². The van der Waals surface area contributed by atoms with Crippen molar-refractivity contribution in [3.63, 3.8) is 0 Å². The third-order valence-corrected chi connectivity index (χ3v) is 3.22. The molecule has 0 fully saturated rings. The SMILES string of the molecule is CC(C)C(CN(C)C)NCC(=O)NCc1ccccc1. The molecule has 20 heavy (non-hydrogen) atoms. The number of hydrogen-bond acceptors (Lipinski definition) is 3. The lowest BCUT2D eigenvalue weighted by molar-refractivity contribution is -0.120. The molecule has 0 saturated carbocycles. The molecule has 1 aromatic carbocycles. The van der Waals surface area contributed by atoms with Gasteiger partial charge >= 0.3 is 0 Å². The van der Waals surface area contributed by atoms with Gasteiger partial charge in [0.25, 0.3) is 0 Å². The lowest BCUT2D eigenvalue weighted by Crippen LogP contribution is -2.46. The summed E-state index contributed by atoms with van der Waals surface area (Å²) >= 11 is 0. The maximum atomic E-state index is 11.8. The van der Waals surface area contributed by atoms with Gasteiger partial charge in [0.1, 0.15) is 0 Å². The molecular formula is C16H27N3O. The van der Waals surface area contributed by atoms with Crippen LogP contribution in [-0.2, 0) is 11.3 Å². The number of carbonyl (C=O) groups excluding carboxylic acids is 1. The molecule has 0 heterocycles. The Morgan fingerprint density at radius 3 is 2.40 bits per heavy atom. The number of amides is 1. The lowest BCUT2D eigenvalue weighted by atomic mass is 10.0. The van der Waals surface area contributed by atoms with Crippen molar-refractivity contribution in [1.82, 2.24) is 15.5 Å². The smallest absolute Gasteiger partial charge is 0.234 e. The first-order chi connectivity index (χ1) is 9.49. The van der Waals surface area contributed by atoms with E-state index in [9.17, 15) is 4.79 Å². The molecule has 1 amide bonds. The fourth-order valence-electron chi connectivity index (χ4n) is 1.99. The Morgan fingerprint density at radius 1 is 1.20 bits per heavy atom. The first kappa shape index (κ1) is 16.7. The average Bonchev–Trinajstić information content (AvgIpc) is 2.41. The second-order valence-corrected chi connectivity index (χ2v) is 5.76. The number of likely N-dealkylation sites (N-methyl/N-ethyl adjacent to an activating group) is 1. The van der Waals surface area contributed by atoms with E-state index in [0.717, 1.165) is 12.1 Å². The molecule has 1 aromatic rings. The molecule has 112 valence electrons. The molecule has 4 heteroatoms. The van der Waals surface area contributed by atoms with Gasteiger partial charge in [-0.3, -0.25) is 4.79 Å². The molecular weight excluding hydrogens is 250 g/mol. The van der Waals surface area contributed by atoms with Crippen LogP contribution in [0.2, 0.25) is 0 Å². The summed E-state index contributed by atoms with van der Waals surface area (Å²) in [5.74, 6) is 0.539. The lowest BCUT2D eigenvalue weighted by Gasteiger charge is -2.25. The van der Waals surface area contributed by atoms with E-state index < -0.39 is 0 Å². The molecule has 0 aliphatic carbocycles. The van der Waals surface area contributed by atoms with E-state index in [0.29, 0.717) is 25.0 Å². The van der Waals surface area contributed by atoms with Gasteiger partial charge in [0, 0.05) is 19.1 Å². The fraction of sp³-hybridized carbons (Fsp3) is 0.562. The van der Waals surface area contributed by atoms with E-state index in [-0.39, 0.29) is 5.91 Å². The number of nitrogens with one attached hydrogen (secondary N) is 2. The van der Waals surface area contributed by atoms with E-state index in [4.69, 9.17) is 0 Å². The standard InChI is InChI=1S/C16H27N3O/c1-13(2)15(12-19(3)4)17-11-16(20)18-10-14-8-6-5-7-9-14/h5-9,13,15,17H,10-12H2,1-4H3,(H,18,20). The van der Waals surface area contributed by atoms with Crippen LogP contribution in [0.1, 0.15) is 19.4 Å². The van der Waals surface area contributed by atoms with Gasteiger partial charge in [0.15, 0.2) is 0 Å². The van der Waals surface area contributed by atoms with Gasteiger partial charge in [0.05, 0.1) is 6.54 Å². The van der Waals surface area contributed by atoms with Crippen LogP contribution in [0.25, 0.3) is 0 Å². The Bertz CT molecular complexity index is 390. The topological polar surface area (TPSA) is 44.4 Å². The Morgan fingerprint density at radius 2 is 1.85 bits per heavy atom. The number of nitrogens with zero attached hydrogens (tertiary/aromatic N) is 1. The van der Waals surface area contributed by atoms with Crippen molar-refractivity contribution >= 4 is 5.91 Å². The summed E-state index contributed by atoms with van der Waals surface area (Å²) in [6, 6.07) is 10.3. The van der Waals surface area contributed by atoms with Gasteiger partial charge in [-0.25, -0.2) is 0 Å². The molecule has 0 bridgehead atoms. The van der Waals surface area contributed by atoms with Crippen LogP contribution in [-0.4, -0.2) is 44.0 Å². The van der Waals surface area contributed by atoms with Crippen molar-refractivity contribution in [2.45, 2.75) is 26.4 Å². The van der Waals surface area contributed by atoms with E-state index in [1.807, 2.05) is 44.4 Å². The highest BCUT2D eigenvalue weighted by Gasteiger charge is 2.14. The van der Waals surface area contributed by atoms with Crippen LogP contribution in [0.15, 0.2) is 30.3 Å². The van der Waals surface area contributed by atoms with Gasteiger partial charge in [-0.15, -0.1) is 0 Å². The fourth-order valence-corrected chi connectivity index (χ4v) is 1.99. The van der Waals surface area contributed by atoms with Crippen LogP contribution in [0.5, 0.6) is 0 Å². The largest absolute Gasteiger partial charge is 0.351 e. The zero-order valence-electron chi connectivity index (χ0n) is 13.0. The minimum atomic E-state index is 0.0401. The van der Waals surface area contributed by atoms with Gasteiger partial charge in [0.2, 0.25) is 5.91 Å². The number of benzene rings is 1. The van der Waals surface area contributed by atoms with Crippen LogP contribution < -0.4 is 10.6 Å². The summed E-state index contributed by atoms with van der Waals surface area (Å²) < 4.78 is 0. The Kier molecular flexibility index (Phi) is 7.26. The van der Waals surface area contributed by atoms with Crippen molar-refractivity contribution in [1.29, 1.82) is 0 Å². The van der Waals surface area contributed by atoms with Crippen LogP contribution in [0, 0.1) is 5.92 Å². The molecule has 0 spiro atoms. The molecule has 4 nitrogen and oxygen atoms in total. The van der Waals surface area contributed by atoms with Crippen molar-refractivity contribution < 1.29 is 4.79 Å². The van der Waals surface area contributed by atoms with Crippen LogP contribution >= 0.6 is 0 Å². The summed E-state index contributed by atoms with van der Waals surface area (Å²) in [6.07, 6.45) is 0. The van der Waals surface area contributed by atoms with Crippen LogP contribution in [0.4, 0.5) is 0 Å². The normalized spacial score (nSPS) is 12.7. The Hall–Kier alpha value is -1.39. The summed E-state index contributed by atoms with van der Waals surface area (Å²) in [5, 5.41) is 6.26. The monoisotopic (exact) mass is 277 g/mol. The van der Waals surface area contributed by atoms with Gasteiger partial charge in [-0.2, -0.15) is 0 Å². The molecule has 0 radical (unpaired) electrons. The summed E-state index contributed by atoms with van der Waals surface area (Å²) in [7, 11) is 4.10. The third kappa shape index (κ3) is 6.68. The number of carbonyl (C=O) groups is 1. The summed E-state index contributed by atoms with van der Waals surface area (Å²) in [5.41, 5.74) is 1.12. The highest BCUT2D eigenvalue weighted by atomic mass is 16.1. The molecule has 0 aliphatic rings. The number of rotatable bonds is 8. The zero-order chi connectivity index (χ0) is 15.0. The van der Waals surface area contributed by atoms with E-state index in [1.165, 1.54) is 0 Å². The van der Waals surface area contributed by atoms with E-state index in [2.05, 4.69) is 29.4 Å². The van der Waals surface area contributed by atoms with Crippen molar-refractivity contribution in [2.75, 3.05) is 27.2 Å². The van der Waals surface area contributed by atoms with Crippen molar-refractivity contribution in [2.24, 2.45) is 5.92 Å². The Balaban J connectivity index is 2.31. The quantitative estimate of drug-likeness (QED) is 0.756. The summed E-state index contributed by atoms with van der Waals surface area (Å²) in [4.78, 5) is 14.0. The maximum Gasteiger partial charge on any atom is 0.234 e. The van der Waals surface area contributed by atoms with Gasteiger partial charge in [-0.05, 0) is 25.6 Å². The summed E-state index contributed by atoms with van der Waals surface area (Å²) in [6.45, 7) is 6.22. The molecule has 1 atom stereocenters. The first-order valence-corrected chi connectivity index (χ1v) is 7.17. The third-order valence-electron chi connectivity index (χ3n) is 3.22. The second kappa shape index (κ2) is 8.72. The second-order valence-electron chi connectivity index (χ2n) is 5.76. The van der Waals surface area contributed by atoms with Crippen molar-refractivity contribution in [3.8, 4) is 0 Å². The molecule has 2 N–H and O–H groups in total. The van der Waals surface area contributed by atoms with Crippen LogP contribution in [0.3, 0.4) is 0 Å². The maximum absolute atomic E-state index is 11.8. The van der Waals surface area contributed by atoms with E-state index in [1.54, 1.807) is 0 Å². The molecule has 1 rings (SSSR count). The first-order valence-electron chi connectivity index (χ1n) is 7.17. The zero-order valence-corrected chi connectivity index (χ0v) is 13.0. The highest BCUT2D eigenvalue weighted by molar-refractivity contribution is 5.78.